The summed E-state index contributed by atoms with van der Waals surface area (Å²) in [5.41, 5.74) is 1.08. The Kier molecular flexibility index (Phi) is 2.72. The van der Waals surface area contributed by atoms with Crippen molar-refractivity contribution in [1.82, 2.24) is 14.4 Å². The molecule has 2 heterocycles. The fourth-order valence-electron chi connectivity index (χ4n) is 1.89. The van der Waals surface area contributed by atoms with Crippen LogP contribution >= 0.6 is 0 Å². The minimum atomic E-state index is -0.0943. The number of benzene rings is 1. The first-order valence-corrected chi connectivity index (χ1v) is 5.76. The standard InChI is InChI=1S/C14H11N3O2/c1-19-11-5-3-10(4-6-11)13(18)12-9-16-14-15-7-2-8-17(12)14/h2-9H,1H3. The molecule has 0 unspecified atom stereocenters. The van der Waals surface area contributed by atoms with Crippen LogP contribution in [-0.4, -0.2) is 27.3 Å². The van der Waals surface area contributed by atoms with Crippen molar-refractivity contribution in [2.45, 2.75) is 0 Å². The number of fused-ring (bicyclic) bond motifs is 1. The first kappa shape index (κ1) is 11.4. The molecule has 0 aliphatic heterocycles. The summed E-state index contributed by atoms with van der Waals surface area (Å²) in [4.78, 5) is 20.6. The highest BCUT2D eigenvalue weighted by molar-refractivity contribution is 6.08. The lowest BCUT2D eigenvalue weighted by molar-refractivity contribution is 0.103. The Hall–Kier alpha value is -2.69. The van der Waals surface area contributed by atoms with Gasteiger partial charge < -0.3 is 4.74 Å². The van der Waals surface area contributed by atoms with Crippen molar-refractivity contribution in [2.24, 2.45) is 0 Å². The van der Waals surface area contributed by atoms with Gasteiger partial charge in [-0.05, 0) is 30.3 Å². The van der Waals surface area contributed by atoms with E-state index in [0.717, 1.165) is 5.75 Å². The van der Waals surface area contributed by atoms with Crippen molar-refractivity contribution in [3.8, 4) is 5.75 Å². The smallest absolute Gasteiger partial charge is 0.234 e. The van der Waals surface area contributed by atoms with E-state index in [4.69, 9.17) is 4.74 Å². The zero-order valence-electron chi connectivity index (χ0n) is 10.3. The van der Waals surface area contributed by atoms with Crippen LogP contribution in [0.15, 0.2) is 48.9 Å². The van der Waals surface area contributed by atoms with E-state index in [9.17, 15) is 4.79 Å². The topological polar surface area (TPSA) is 56.5 Å². The minimum absolute atomic E-state index is 0.0943. The predicted molar refractivity (Wildman–Crippen MR) is 69.4 cm³/mol. The Morgan fingerprint density at radius 1 is 1.21 bits per heavy atom. The van der Waals surface area contributed by atoms with E-state index < -0.39 is 0 Å². The molecule has 94 valence electrons. The Morgan fingerprint density at radius 2 is 2.00 bits per heavy atom. The molecule has 0 aliphatic carbocycles. The van der Waals surface area contributed by atoms with Gasteiger partial charge in [0.2, 0.25) is 11.6 Å². The van der Waals surface area contributed by atoms with Gasteiger partial charge in [0.05, 0.1) is 13.3 Å². The number of methoxy groups -OCH3 is 1. The molecule has 0 amide bonds. The molecule has 5 heteroatoms. The summed E-state index contributed by atoms with van der Waals surface area (Å²) in [5.74, 6) is 1.14. The van der Waals surface area contributed by atoms with Gasteiger partial charge in [-0.1, -0.05) is 0 Å². The molecule has 0 spiro atoms. The quantitative estimate of drug-likeness (QED) is 0.670. The van der Waals surface area contributed by atoms with Crippen molar-refractivity contribution in [3.63, 3.8) is 0 Å². The number of carbonyl (C=O) groups excluding carboxylic acids is 1. The van der Waals surface area contributed by atoms with Crippen molar-refractivity contribution in [3.05, 3.63) is 60.2 Å². The molecule has 0 saturated carbocycles. The number of ketones is 1. The molecule has 0 N–H and O–H groups in total. The fraction of sp³-hybridized carbons (Fsp3) is 0.0714. The van der Waals surface area contributed by atoms with Gasteiger partial charge >= 0.3 is 0 Å². The zero-order valence-corrected chi connectivity index (χ0v) is 10.3. The van der Waals surface area contributed by atoms with Gasteiger partial charge in [-0.15, -0.1) is 0 Å². The molecule has 3 aromatic rings. The lowest BCUT2D eigenvalue weighted by atomic mass is 10.1. The second-order valence-corrected chi connectivity index (χ2v) is 3.99. The second kappa shape index (κ2) is 4.53. The van der Waals surface area contributed by atoms with Crippen LogP contribution in [0, 0.1) is 0 Å². The summed E-state index contributed by atoms with van der Waals surface area (Å²) in [6, 6.07) is 8.75. The summed E-state index contributed by atoms with van der Waals surface area (Å²) in [6.45, 7) is 0. The molecule has 0 radical (unpaired) electrons. The second-order valence-electron chi connectivity index (χ2n) is 3.99. The van der Waals surface area contributed by atoms with E-state index in [2.05, 4.69) is 9.97 Å². The molecule has 5 nitrogen and oxygen atoms in total. The molecule has 3 rings (SSSR count). The van der Waals surface area contributed by atoms with Gasteiger partial charge in [-0.25, -0.2) is 9.97 Å². The highest BCUT2D eigenvalue weighted by Crippen LogP contribution is 2.15. The minimum Gasteiger partial charge on any atom is -0.497 e. The number of imidazole rings is 1. The number of rotatable bonds is 3. The van der Waals surface area contributed by atoms with E-state index in [1.54, 1.807) is 54.2 Å². The van der Waals surface area contributed by atoms with Gasteiger partial charge in [0, 0.05) is 18.0 Å². The van der Waals surface area contributed by atoms with E-state index in [1.807, 2.05) is 0 Å². The zero-order chi connectivity index (χ0) is 13.2. The van der Waals surface area contributed by atoms with Crippen LogP contribution in [0.25, 0.3) is 5.78 Å². The Balaban J connectivity index is 2.03. The molecular formula is C14H11N3O2. The Labute approximate surface area is 109 Å². The number of hydrogen-bond donors (Lipinski definition) is 0. The third-order valence-electron chi connectivity index (χ3n) is 2.87. The van der Waals surface area contributed by atoms with E-state index in [0.29, 0.717) is 17.0 Å². The molecule has 0 fully saturated rings. The molecule has 1 aromatic carbocycles. The summed E-state index contributed by atoms with van der Waals surface area (Å²) >= 11 is 0. The highest BCUT2D eigenvalue weighted by Gasteiger charge is 2.14. The number of carbonyl (C=O) groups is 1. The SMILES string of the molecule is COc1ccc(C(=O)c2cnc3ncccn23)cc1. The number of aromatic nitrogens is 3. The maximum atomic E-state index is 12.4. The van der Waals surface area contributed by atoms with Crippen LogP contribution in [0.2, 0.25) is 0 Å². The maximum Gasteiger partial charge on any atom is 0.234 e. The van der Waals surface area contributed by atoms with Crippen molar-refractivity contribution in [2.75, 3.05) is 7.11 Å². The summed E-state index contributed by atoms with van der Waals surface area (Å²) in [5, 5.41) is 0. The van der Waals surface area contributed by atoms with Crippen LogP contribution in [-0.2, 0) is 0 Å². The van der Waals surface area contributed by atoms with Crippen LogP contribution in [0.4, 0.5) is 0 Å². The summed E-state index contributed by atoms with van der Waals surface area (Å²) in [7, 11) is 1.59. The molecule has 19 heavy (non-hydrogen) atoms. The Bertz CT molecular complexity index is 732. The van der Waals surface area contributed by atoms with Crippen LogP contribution in [0.3, 0.4) is 0 Å². The van der Waals surface area contributed by atoms with E-state index in [-0.39, 0.29) is 5.78 Å². The molecular weight excluding hydrogens is 242 g/mol. The van der Waals surface area contributed by atoms with E-state index >= 15 is 0 Å². The third kappa shape index (κ3) is 1.95. The molecule has 0 saturated heterocycles. The number of ether oxygens (including phenoxy) is 1. The summed E-state index contributed by atoms with van der Waals surface area (Å²) in [6.07, 6.45) is 4.95. The lowest BCUT2D eigenvalue weighted by Crippen LogP contribution is -2.05. The summed E-state index contributed by atoms with van der Waals surface area (Å²) < 4.78 is 6.74. The van der Waals surface area contributed by atoms with E-state index in [1.165, 1.54) is 6.20 Å². The maximum absolute atomic E-state index is 12.4. The normalized spacial score (nSPS) is 10.6. The van der Waals surface area contributed by atoms with Gasteiger partial charge in [-0.2, -0.15) is 0 Å². The average molecular weight is 253 g/mol. The first-order chi connectivity index (χ1) is 9.29. The Morgan fingerprint density at radius 3 is 2.74 bits per heavy atom. The van der Waals surface area contributed by atoms with Crippen LogP contribution in [0.5, 0.6) is 5.75 Å². The third-order valence-corrected chi connectivity index (χ3v) is 2.87. The van der Waals surface area contributed by atoms with Gasteiger partial charge in [-0.3, -0.25) is 9.20 Å². The number of nitrogens with zero attached hydrogens (tertiary/aromatic N) is 3. The molecule has 0 atom stereocenters. The van der Waals surface area contributed by atoms with Crippen LogP contribution in [0.1, 0.15) is 16.1 Å². The number of hydrogen-bond acceptors (Lipinski definition) is 4. The van der Waals surface area contributed by atoms with Crippen molar-refractivity contribution in [1.29, 1.82) is 0 Å². The molecule has 0 bridgehead atoms. The van der Waals surface area contributed by atoms with Gasteiger partial charge in [0.25, 0.3) is 0 Å². The van der Waals surface area contributed by atoms with Crippen LogP contribution < -0.4 is 4.74 Å². The van der Waals surface area contributed by atoms with Crippen molar-refractivity contribution >= 4 is 11.6 Å². The largest absolute Gasteiger partial charge is 0.497 e. The lowest BCUT2D eigenvalue weighted by Gasteiger charge is -2.02. The van der Waals surface area contributed by atoms with Gasteiger partial charge in [0.1, 0.15) is 11.4 Å². The predicted octanol–water partition coefficient (Wildman–Crippen LogP) is 1.97. The van der Waals surface area contributed by atoms with Gasteiger partial charge in [0.15, 0.2) is 0 Å². The monoisotopic (exact) mass is 253 g/mol. The fourth-order valence-corrected chi connectivity index (χ4v) is 1.89. The molecule has 2 aromatic heterocycles. The highest BCUT2D eigenvalue weighted by atomic mass is 16.5. The van der Waals surface area contributed by atoms with Crippen molar-refractivity contribution < 1.29 is 9.53 Å². The first-order valence-electron chi connectivity index (χ1n) is 5.76. The average Bonchev–Trinajstić information content (AvgIpc) is 2.90. The molecule has 0 aliphatic rings.